The van der Waals surface area contributed by atoms with Crippen molar-refractivity contribution in [3.63, 3.8) is 0 Å². The van der Waals surface area contributed by atoms with Gasteiger partial charge in [0.15, 0.2) is 0 Å². The van der Waals surface area contributed by atoms with Crippen LogP contribution in [0.2, 0.25) is 0 Å². The van der Waals surface area contributed by atoms with E-state index in [-0.39, 0.29) is 5.91 Å². The highest BCUT2D eigenvalue weighted by atomic mass is 16.1. The molecule has 0 radical (unpaired) electrons. The van der Waals surface area contributed by atoms with Crippen molar-refractivity contribution in [3.05, 3.63) is 0 Å². The lowest BCUT2D eigenvalue weighted by molar-refractivity contribution is -0.120. The first-order valence-electron chi connectivity index (χ1n) is 6.60. The molecule has 2 N–H and O–H groups in total. The van der Waals surface area contributed by atoms with Crippen molar-refractivity contribution >= 4 is 5.91 Å². The number of amides is 1. The van der Waals surface area contributed by atoms with E-state index in [0.29, 0.717) is 18.5 Å². The van der Waals surface area contributed by atoms with Crippen LogP contribution in [0.4, 0.5) is 0 Å². The summed E-state index contributed by atoms with van der Waals surface area (Å²) in [5, 5.41) is 6.11. The summed E-state index contributed by atoms with van der Waals surface area (Å²) in [4.78, 5) is 11.5. The van der Waals surface area contributed by atoms with Crippen LogP contribution in [0.1, 0.15) is 53.4 Å². The number of carbonyl (C=O) groups excluding carboxylic acids is 1. The first-order chi connectivity index (χ1) is 7.60. The lowest BCUT2D eigenvalue weighted by atomic mass is 9.99. The Balaban J connectivity index is 3.62. The topological polar surface area (TPSA) is 41.1 Å². The molecule has 0 aromatic heterocycles. The highest BCUT2D eigenvalue weighted by molar-refractivity contribution is 5.77. The minimum Gasteiger partial charge on any atom is -0.355 e. The van der Waals surface area contributed by atoms with Crippen LogP contribution in [0.15, 0.2) is 0 Å². The zero-order valence-electron chi connectivity index (χ0n) is 11.3. The fraction of sp³-hybridized carbons (Fsp3) is 0.923. The summed E-state index contributed by atoms with van der Waals surface area (Å²) >= 11 is 0. The molecule has 3 nitrogen and oxygen atoms in total. The highest BCUT2D eigenvalue weighted by Gasteiger charge is 2.08. The van der Waals surface area contributed by atoms with E-state index in [1.54, 1.807) is 0 Å². The fourth-order valence-corrected chi connectivity index (χ4v) is 1.56. The van der Waals surface area contributed by atoms with Crippen molar-refractivity contribution < 1.29 is 4.79 Å². The summed E-state index contributed by atoms with van der Waals surface area (Å²) < 4.78 is 0. The molecule has 0 aliphatic carbocycles. The molecule has 0 spiro atoms. The summed E-state index contributed by atoms with van der Waals surface area (Å²) in [5.74, 6) is 0.756. The zero-order chi connectivity index (χ0) is 12.4. The van der Waals surface area contributed by atoms with E-state index < -0.39 is 0 Å². The summed E-state index contributed by atoms with van der Waals surface area (Å²) in [6.07, 6.45) is 4.88. The molecule has 1 amide bonds. The van der Waals surface area contributed by atoms with Gasteiger partial charge in [-0.2, -0.15) is 0 Å². The number of carbonyl (C=O) groups is 1. The fourth-order valence-electron chi connectivity index (χ4n) is 1.56. The van der Waals surface area contributed by atoms with Gasteiger partial charge in [0, 0.05) is 12.6 Å². The zero-order valence-corrected chi connectivity index (χ0v) is 11.3. The molecule has 1 unspecified atom stereocenters. The van der Waals surface area contributed by atoms with Gasteiger partial charge < -0.3 is 10.6 Å². The normalized spacial score (nSPS) is 12.8. The second-order valence-corrected chi connectivity index (χ2v) is 4.76. The van der Waals surface area contributed by atoms with Crippen LogP contribution in [-0.4, -0.2) is 25.0 Å². The monoisotopic (exact) mass is 228 g/mol. The average Bonchev–Trinajstić information content (AvgIpc) is 2.26. The molecule has 0 rings (SSSR count). The van der Waals surface area contributed by atoms with Gasteiger partial charge in [0.2, 0.25) is 5.91 Å². The maximum absolute atomic E-state index is 11.5. The molecular formula is C13H28N2O. The van der Waals surface area contributed by atoms with Gasteiger partial charge in [0.1, 0.15) is 0 Å². The Hall–Kier alpha value is -0.570. The first kappa shape index (κ1) is 15.4. The summed E-state index contributed by atoms with van der Waals surface area (Å²) in [6, 6.07) is 0.368. The molecule has 0 saturated heterocycles. The van der Waals surface area contributed by atoms with E-state index in [1.165, 1.54) is 19.3 Å². The Morgan fingerprint density at radius 3 is 2.44 bits per heavy atom. The number of hydrogen-bond acceptors (Lipinski definition) is 2. The van der Waals surface area contributed by atoms with Crippen molar-refractivity contribution in [3.8, 4) is 0 Å². The third-order valence-corrected chi connectivity index (χ3v) is 2.80. The minimum absolute atomic E-state index is 0.114. The molecule has 0 aliphatic rings. The van der Waals surface area contributed by atoms with E-state index in [1.807, 2.05) is 13.8 Å². The third-order valence-electron chi connectivity index (χ3n) is 2.80. The van der Waals surface area contributed by atoms with E-state index in [2.05, 4.69) is 24.5 Å². The van der Waals surface area contributed by atoms with E-state index >= 15 is 0 Å². The number of nitrogens with one attached hydrogen (secondary N) is 2. The van der Waals surface area contributed by atoms with Crippen LogP contribution in [0, 0.1) is 5.92 Å². The van der Waals surface area contributed by atoms with Gasteiger partial charge >= 0.3 is 0 Å². The van der Waals surface area contributed by atoms with Crippen LogP contribution >= 0.6 is 0 Å². The van der Waals surface area contributed by atoms with Gasteiger partial charge in [-0.05, 0) is 12.3 Å². The lowest BCUT2D eigenvalue weighted by Gasteiger charge is -2.15. The molecule has 0 fully saturated rings. The molecule has 0 aromatic rings. The molecule has 0 saturated carbocycles. The highest BCUT2D eigenvalue weighted by Crippen LogP contribution is 2.10. The second kappa shape index (κ2) is 9.64. The number of hydrogen-bond donors (Lipinski definition) is 2. The van der Waals surface area contributed by atoms with Gasteiger partial charge in [0.25, 0.3) is 0 Å². The van der Waals surface area contributed by atoms with Gasteiger partial charge in [-0.3, -0.25) is 4.79 Å². The SMILES string of the molecule is CCCCC(CC)CNC(=O)CNC(C)C. The van der Waals surface area contributed by atoms with Crippen molar-refractivity contribution in [1.82, 2.24) is 10.6 Å². The van der Waals surface area contributed by atoms with Gasteiger partial charge in [-0.1, -0.05) is 47.0 Å². The number of unbranched alkanes of at least 4 members (excludes halogenated alkanes) is 1. The average molecular weight is 228 g/mol. The maximum atomic E-state index is 11.5. The Kier molecular flexibility index (Phi) is 9.30. The summed E-state index contributed by atoms with van der Waals surface area (Å²) in [7, 11) is 0. The lowest BCUT2D eigenvalue weighted by Crippen LogP contribution is -2.38. The third kappa shape index (κ3) is 8.72. The van der Waals surface area contributed by atoms with Crippen molar-refractivity contribution in [2.45, 2.75) is 59.4 Å². The minimum atomic E-state index is 0.114. The van der Waals surface area contributed by atoms with Crippen LogP contribution in [0.25, 0.3) is 0 Å². The summed E-state index contributed by atoms with van der Waals surface area (Å²) in [5.41, 5.74) is 0. The van der Waals surface area contributed by atoms with Gasteiger partial charge in [-0.25, -0.2) is 0 Å². The Labute approximate surface area is 100 Å². The van der Waals surface area contributed by atoms with E-state index in [9.17, 15) is 4.79 Å². The first-order valence-corrected chi connectivity index (χ1v) is 6.60. The van der Waals surface area contributed by atoms with E-state index in [4.69, 9.17) is 0 Å². The smallest absolute Gasteiger partial charge is 0.233 e. The number of rotatable bonds is 9. The maximum Gasteiger partial charge on any atom is 0.233 e. The van der Waals surface area contributed by atoms with Crippen LogP contribution in [-0.2, 0) is 4.79 Å². The van der Waals surface area contributed by atoms with Crippen LogP contribution in [0.5, 0.6) is 0 Å². The standard InChI is InChI=1S/C13H28N2O/c1-5-7-8-12(6-2)9-15-13(16)10-14-11(3)4/h11-12,14H,5-10H2,1-4H3,(H,15,16). The predicted molar refractivity (Wildman–Crippen MR) is 69.5 cm³/mol. The van der Waals surface area contributed by atoms with E-state index in [0.717, 1.165) is 13.0 Å². The largest absolute Gasteiger partial charge is 0.355 e. The van der Waals surface area contributed by atoms with Crippen LogP contribution < -0.4 is 10.6 Å². The molecule has 0 heterocycles. The van der Waals surface area contributed by atoms with Crippen molar-refractivity contribution in [2.75, 3.05) is 13.1 Å². The molecule has 16 heavy (non-hydrogen) atoms. The summed E-state index contributed by atoms with van der Waals surface area (Å²) in [6.45, 7) is 9.75. The quantitative estimate of drug-likeness (QED) is 0.636. The molecule has 1 atom stereocenters. The van der Waals surface area contributed by atoms with Gasteiger partial charge in [0.05, 0.1) is 6.54 Å². The van der Waals surface area contributed by atoms with Crippen LogP contribution in [0.3, 0.4) is 0 Å². The van der Waals surface area contributed by atoms with Crippen molar-refractivity contribution in [1.29, 1.82) is 0 Å². The second-order valence-electron chi connectivity index (χ2n) is 4.76. The molecule has 0 bridgehead atoms. The Bertz CT molecular complexity index is 181. The Morgan fingerprint density at radius 1 is 1.25 bits per heavy atom. The predicted octanol–water partition coefficient (Wildman–Crippen LogP) is 2.32. The molecular weight excluding hydrogens is 200 g/mol. The van der Waals surface area contributed by atoms with Gasteiger partial charge in [-0.15, -0.1) is 0 Å². The molecule has 0 aliphatic heterocycles. The Morgan fingerprint density at radius 2 is 1.94 bits per heavy atom. The molecule has 0 aromatic carbocycles. The molecule has 3 heteroatoms. The van der Waals surface area contributed by atoms with Crippen molar-refractivity contribution in [2.24, 2.45) is 5.92 Å². The molecule has 96 valence electrons.